The lowest BCUT2D eigenvalue weighted by atomic mass is 10.0. The molecule has 1 heterocycles. The van der Waals surface area contributed by atoms with Crippen LogP contribution in [0.1, 0.15) is 12.1 Å². The zero-order chi connectivity index (χ0) is 11.4. The van der Waals surface area contributed by atoms with Crippen LogP contribution in [0.25, 0.3) is 0 Å². The van der Waals surface area contributed by atoms with Crippen LogP contribution in [0.2, 0.25) is 0 Å². The van der Waals surface area contributed by atoms with E-state index < -0.39 is 6.67 Å². The number of halogens is 2. The molecular weight excluding hydrogens is 229 g/mol. The first kappa shape index (κ1) is 11.3. The number of hydrogen-bond acceptors (Lipinski definition) is 2. The summed E-state index contributed by atoms with van der Waals surface area (Å²) in [6, 6.07) is 0. The molecule has 2 rings (SSSR count). The van der Waals surface area contributed by atoms with Crippen LogP contribution >= 0.6 is 11.6 Å². The highest BCUT2D eigenvalue weighted by atomic mass is 35.5. The molecular formula is C11H13ClFN3. The molecule has 0 amide bonds. The van der Waals surface area contributed by atoms with E-state index in [0.29, 0.717) is 18.0 Å². The molecule has 0 fully saturated rings. The number of aromatic nitrogens is 3. The van der Waals surface area contributed by atoms with Crippen molar-refractivity contribution in [3.63, 3.8) is 0 Å². The maximum Gasteiger partial charge on any atom is 0.0951 e. The lowest BCUT2D eigenvalue weighted by molar-refractivity contribution is 0.477. The van der Waals surface area contributed by atoms with Crippen LogP contribution in [0.5, 0.6) is 0 Å². The third-order valence-electron chi connectivity index (χ3n) is 2.48. The largest absolute Gasteiger partial charge is 0.252 e. The fraction of sp³-hybridized carbons (Fsp3) is 0.455. The number of alkyl halides is 1. The summed E-state index contributed by atoms with van der Waals surface area (Å²) in [5, 5.41) is 8.71. The Bertz CT molecular complexity index is 411. The first-order valence-corrected chi connectivity index (χ1v) is 5.63. The van der Waals surface area contributed by atoms with Crippen molar-refractivity contribution in [2.24, 2.45) is 5.92 Å². The third-order valence-corrected chi connectivity index (χ3v) is 2.76. The molecule has 1 aromatic rings. The van der Waals surface area contributed by atoms with Crippen LogP contribution < -0.4 is 0 Å². The zero-order valence-corrected chi connectivity index (χ0v) is 9.57. The van der Waals surface area contributed by atoms with Crippen LogP contribution in [0.15, 0.2) is 29.5 Å². The minimum atomic E-state index is -0.392. The van der Waals surface area contributed by atoms with Crippen molar-refractivity contribution in [3.8, 4) is 0 Å². The smallest absolute Gasteiger partial charge is 0.0951 e. The fourth-order valence-electron chi connectivity index (χ4n) is 1.71. The monoisotopic (exact) mass is 241 g/mol. The minimum Gasteiger partial charge on any atom is -0.252 e. The Morgan fingerprint density at radius 2 is 2.44 bits per heavy atom. The summed E-state index contributed by atoms with van der Waals surface area (Å²) in [6.45, 7) is 0.344. The summed E-state index contributed by atoms with van der Waals surface area (Å²) in [5.74, 6) is 0.345. The minimum absolute atomic E-state index is 0.334. The van der Waals surface area contributed by atoms with Gasteiger partial charge in [-0.3, -0.25) is 9.07 Å². The van der Waals surface area contributed by atoms with Gasteiger partial charge in [0.2, 0.25) is 0 Å². The molecule has 1 unspecified atom stereocenters. The van der Waals surface area contributed by atoms with Crippen LogP contribution in [0.4, 0.5) is 4.39 Å². The lowest BCUT2D eigenvalue weighted by Crippen LogP contribution is -2.11. The van der Waals surface area contributed by atoms with Crippen LogP contribution in [0, 0.1) is 5.92 Å². The summed E-state index contributed by atoms with van der Waals surface area (Å²) in [4.78, 5) is 0. The fourth-order valence-corrected chi connectivity index (χ4v) is 1.98. The van der Waals surface area contributed by atoms with Gasteiger partial charge >= 0.3 is 0 Å². The molecule has 86 valence electrons. The van der Waals surface area contributed by atoms with E-state index in [1.807, 2.05) is 12.2 Å². The van der Waals surface area contributed by atoms with E-state index in [4.69, 9.17) is 11.6 Å². The van der Waals surface area contributed by atoms with Crippen molar-refractivity contribution < 1.29 is 4.39 Å². The van der Waals surface area contributed by atoms with Crippen molar-refractivity contribution >= 4 is 11.6 Å². The van der Waals surface area contributed by atoms with E-state index in [1.165, 1.54) is 0 Å². The van der Waals surface area contributed by atoms with Gasteiger partial charge in [-0.15, -0.1) is 5.10 Å². The highest BCUT2D eigenvalue weighted by molar-refractivity contribution is 6.29. The highest BCUT2D eigenvalue weighted by Crippen LogP contribution is 2.22. The summed E-state index contributed by atoms with van der Waals surface area (Å²) in [7, 11) is 0. The third kappa shape index (κ3) is 2.92. The van der Waals surface area contributed by atoms with Crippen molar-refractivity contribution in [2.45, 2.75) is 19.4 Å². The van der Waals surface area contributed by atoms with Crippen LogP contribution in [0.3, 0.4) is 0 Å². The molecule has 5 heteroatoms. The Balaban J connectivity index is 1.94. The lowest BCUT2D eigenvalue weighted by Gasteiger charge is -2.14. The summed E-state index contributed by atoms with van der Waals surface area (Å²) in [6.07, 6.45) is 8.91. The van der Waals surface area contributed by atoms with Gasteiger partial charge in [0.15, 0.2) is 0 Å². The summed E-state index contributed by atoms with van der Waals surface area (Å²) >= 11 is 5.95. The average molecular weight is 242 g/mol. The Morgan fingerprint density at radius 3 is 3.19 bits per heavy atom. The molecule has 0 bridgehead atoms. The molecule has 3 nitrogen and oxygen atoms in total. The normalized spacial score (nSPS) is 19.9. The van der Waals surface area contributed by atoms with E-state index in [1.54, 1.807) is 10.9 Å². The van der Waals surface area contributed by atoms with Crippen LogP contribution in [-0.2, 0) is 13.0 Å². The Morgan fingerprint density at radius 1 is 1.56 bits per heavy atom. The average Bonchev–Trinajstić information content (AvgIpc) is 2.66. The number of aryl methyl sites for hydroxylation is 1. The maximum atomic E-state index is 12.1. The number of nitrogens with zero attached hydrogens (tertiary/aromatic N) is 3. The predicted octanol–water partition coefficient (Wildman–Crippen LogP) is 2.49. The number of hydrogen-bond donors (Lipinski definition) is 0. The van der Waals surface area contributed by atoms with E-state index in [-0.39, 0.29) is 0 Å². The summed E-state index contributed by atoms with van der Waals surface area (Å²) < 4.78 is 13.8. The van der Waals surface area contributed by atoms with Gasteiger partial charge < -0.3 is 0 Å². The van der Waals surface area contributed by atoms with Gasteiger partial charge in [-0.25, -0.2) is 0 Å². The molecule has 1 atom stereocenters. The Labute approximate surface area is 98.6 Å². The first-order valence-electron chi connectivity index (χ1n) is 5.26. The molecule has 0 spiro atoms. The van der Waals surface area contributed by atoms with E-state index >= 15 is 0 Å². The quantitative estimate of drug-likeness (QED) is 0.811. The molecule has 1 aliphatic carbocycles. The molecule has 0 radical (unpaired) electrons. The summed E-state index contributed by atoms with van der Waals surface area (Å²) in [5.41, 5.74) is 0.698. The first-order chi connectivity index (χ1) is 7.78. The highest BCUT2D eigenvalue weighted by Gasteiger charge is 2.11. The second kappa shape index (κ2) is 5.25. The zero-order valence-electron chi connectivity index (χ0n) is 8.81. The molecule has 0 aliphatic heterocycles. The molecule has 1 aromatic heterocycles. The maximum absolute atomic E-state index is 12.1. The Kier molecular flexibility index (Phi) is 3.72. The van der Waals surface area contributed by atoms with Crippen molar-refractivity contribution in [1.82, 2.24) is 15.0 Å². The molecule has 16 heavy (non-hydrogen) atoms. The van der Waals surface area contributed by atoms with Crippen molar-refractivity contribution in [2.75, 3.05) is 6.67 Å². The van der Waals surface area contributed by atoms with Gasteiger partial charge in [-0.2, -0.15) is 0 Å². The van der Waals surface area contributed by atoms with E-state index in [2.05, 4.69) is 16.4 Å². The number of rotatable bonds is 4. The van der Waals surface area contributed by atoms with Gasteiger partial charge in [0.25, 0.3) is 0 Å². The second-order valence-electron chi connectivity index (χ2n) is 3.83. The van der Waals surface area contributed by atoms with Crippen molar-refractivity contribution in [1.29, 1.82) is 0 Å². The van der Waals surface area contributed by atoms with Gasteiger partial charge in [0.1, 0.15) is 0 Å². The molecule has 1 aliphatic rings. The van der Waals surface area contributed by atoms with Crippen LogP contribution in [-0.4, -0.2) is 21.7 Å². The molecule has 0 saturated carbocycles. The molecule has 0 aromatic carbocycles. The topological polar surface area (TPSA) is 30.7 Å². The standard InChI is InChI=1S/C11H13ClFN3/c12-10-3-1-2-9(6-10)7-16-8-11(4-5-13)14-15-16/h1-3,8-9H,4-7H2. The Hall–Kier alpha value is -1.16. The SMILES string of the molecule is FCCc1cn(CC2C=CC=C(Cl)C2)nn1. The molecule has 0 saturated heterocycles. The van der Waals surface area contributed by atoms with E-state index in [9.17, 15) is 4.39 Å². The van der Waals surface area contributed by atoms with Gasteiger partial charge in [-0.05, 0) is 12.5 Å². The molecule has 0 N–H and O–H groups in total. The van der Waals surface area contributed by atoms with Gasteiger partial charge in [0.05, 0.1) is 12.4 Å². The van der Waals surface area contributed by atoms with Crippen molar-refractivity contribution in [3.05, 3.63) is 35.2 Å². The van der Waals surface area contributed by atoms with Gasteiger partial charge in [-0.1, -0.05) is 29.0 Å². The van der Waals surface area contributed by atoms with E-state index in [0.717, 1.165) is 18.0 Å². The van der Waals surface area contributed by atoms with Gasteiger partial charge in [0, 0.05) is 30.1 Å². The predicted molar refractivity (Wildman–Crippen MR) is 60.9 cm³/mol. The number of allylic oxidation sites excluding steroid dienone is 4. The second-order valence-corrected chi connectivity index (χ2v) is 4.32.